The van der Waals surface area contributed by atoms with Crippen molar-refractivity contribution in [3.63, 3.8) is 0 Å². The zero-order valence-corrected chi connectivity index (χ0v) is 44.1. The van der Waals surface area contributed by atoms with E-state index in [2.05, 4.69) is 84.9 Å². The largest absolute Gasteiger partial charge is 0.488 e. The Balaban J connectivity index is 1.00. The Kier molecular flexibility index (Phi) is 17.6. The third-order valence-corrected chi connectivity index (χ3v) is 17.4. The summed E-state index contributed by atoms with van der Waals surface area (Å²) in [6.45, 7) is 7.68. The van der Waals surface area contributed by atoms with E-state index in [9.17, 15) is 0 Å². The van der Waals surface area contributed by atoms with Gasteiger partial charge in [0.25, 0.3) is 0 Å². The van der Waals surface area contributed by atoms with Crippen LogP contribution in [0.15, 0.2) is 141 Å². The summed E-state index contributed by atoms with van der Waals surface area (Å²) in [4.78, 5) is 4.89. The lowest BCUT2D eigenvalue weighted by Gasteiger charge is -2.18. The van der Waals surface area contributed by atoms with E-state index in [0.29, 0.717) is 129 Å². The Morgan fingerprint density at radius 3 is 1.04 bits per heavy atom. The van der Waals surface area contributed by atoms with Crippen LogP contribution in [0.1, 0.15) is 11.1 Å². The highest BCUT2D eigenvalue weighted by atomic mass is 32.2. The molecule has 0 bridgehead atoms. The summed E-state index contributed by atoms with van der Waals surface area (Å²) < 4.78 is 75.6. The van der Waals surface area contributed by atoms with E-state index in [0.717, 1.165) is 58.8 Å². The molecule has 4 aliphatic rings. The van der Waals surface area contributed by atoms with Crippen LogP contribution in [-0.4, -0.2) is 106 Å². The van der Waals surface area contributed by atoms with Crippen LogP contribution in [0.25, 0.3) is 30.0 Å². The minimum absolute atomic E-state index is 0.275. The molecule has 74 heavy (non-hydrogen) atoms. The molecule has 0 atom stereocenters. The zero-order chi connectivity index (χ0) is 49.7. The molecule has 0 fully saturated rings. The fourth-order valence-electron chi connectivity index (χ4n) is 8.81. The van der Waals surface area contributed by atoms with Gasteiger partial charge in [-0.2, -0.15) is 0 Å². The van der Waals surface area contributed by atoms with Gasteiger partial charge in [-0.1, -0.05) is 108 Å². The van der Waals surface area contributed by atoms with Crippen molar-refractivity contribution in [3.8, 4) is 34.5 Å². The molecule has 0 amide bonds. The van der Waals surface area contributed by atoms with Crippen molar-refractivity contribution in [2.24, 2.45) is 0 Å². The number of hydrogen-bond acceptors (Lipinski definition) is 16. The molecule has 0 spiro atoms. The third kappa shape index (κ3) is 12.4. The van der Waals surface area contributed by atoms with Gasteiger partial charge in [-0.25, -0.2) is 0 Å². The number of thioether (sulfide) groups is 4. The van der Waals surface area contributed by atoms with Crippen LogP contribution in [0.5, 0.6) is 34.5 Å². The topological polar surface area (TPSA) is 111 Å². The average Bonchev–Trinajstić information content (AvgIpc) is 4.07. The van der Waals surface area contributed by atoms with Crippen LogP contribution in [0, 0.1) is 0 Å². The molecule has 11 rings (SSSR count). The Labute approximate surface area is 447 Å². The van der Waals surface area contributed by atoms with Crippen LogP contribution >= 0.6 is 47.0 Å². The van der Waals surface area contributed by atoms with Gasteiger partial charge in [0, 0.05) is 40.8 Å². The van der Waals surface area contributed by atoms with E-state index in [1.165, 1.54) is 23.8 Å². The van der Waals surface area contributed by atoms with Gasteiger partial charge in [-0.15, -0.1) is 0 Å². The fraction of sp³-hybridized carbons (Fsp3) is 0.310. The summed E-state index contributed by atoms with van der Waals surface area (Å²) in [6.07, 6.45) is 0. The van der Waals surface area contributed by atoms with Crippen molar-refractivity contribution in [3.05, 3.63) is 143 Å². The Morgan fingerprint density at radius 1 is 0.324 bits per heavy atom. The van der Waals surface area contributed by atoms with Crippen molar-refractivity contribution in [1.82, 2.24) is 0 Å². The van der Waals surface area contributed by atoms with E-state index >= 15 is 0 Å². The second-order valence-electron chi connectivity index (χ2n) is 17.2. The van der Waals surface area contributed by atoms with E-state index in [-0.39, 0.29) is 13.2 Å². The van der Waals surface area contributed by atoms with Gasteiger partial charge < -0.3 is 56.8 Å². The monoisotopic (exact) mass is 1070 g/mol. The minimum Gasteiger partial charge on any atom is -0.488 e. The standard InChI is InChI=1S/C58H56O12S4/c1-2-12-50-49(11-1)71-57(72-50)53-41-7-5-9-45(69-37-39-15-17-43-47(35-39)67-33-29-63-25-21-59-19-23-61-27-31-65-43)54(41)56(58-73-51-13-3-4-14-52(51)74-58)55-42(53)8-6-10-46(55)70-38-40-16-18-44-48(36-40)68-34-30-64-26-22-60-20-24-62-28-32-66-44/h1-18,35-36H,19-34,37-38H2. The number of hydrogen-bond donors (Lipinski definition) is 0. The van der Waals surface area contributed by atoms with Crippen molar-refractivity contribution >= 4 is 77.1 Å². The van der Waals surface area contributed by atoms with Crippen LogP contribution in [0.2, 0.25) is 0 Å². The summed E-state index contributed by atoms with van der Waals surface area (Å²) in [5, 5.41) is 6.43. The van der Waals surface area contributed by atoms with E-state index in [4.69, 9.17) is 56.8 Å². The lowest BCUT2D eigenvalue weighted by Crippen LogP contribution is -2.19. The first-order valence-corrected chi connectivity index (χ1v) is 28.1. The summed E-state index contributed by atoms with van der Waals surface area (Å²) >= 11 is 7.20. The predicted molar refractivity (Wildman–Crippen MR) is 292 cm³/mol. The molecular weight excluding hydrogens is 1020 g/mol. The smallest absolute Gasteiger partial charge is 0.161 e. The second kappa shape index (κ2) is 25.5. The average molecular weight is 1070 g/mol. The zero-order valence-electron chi connectivity index (χ0n) is 40.8. The Hall–Kier alpha value is -5.24. The summed E-state index contributed by atoms with van der Waals surface area (Å²) in [5.74, 6) is 4.02. The molecular formula is C58H56O12S4. The predicted octanol–water partition coefficient (Wildman–Crippen LogP) is 10.7. The molecule has 0 aliphatic carbocycles. The molecule has 0 unspecified atom stereocenters. The maximum absolute atomic E-state index is 7.08. The maximum Gasteiger partial charge on any atom is 0.161 e. The van der Waals surface area contributed by atoms with Crippen LogP contribution < -0.4 is 38.9 Å². The summed E-state index contributed by atoms with van der Waals surface area (Å²) in [7, 11) is 0. The Morgan fingerprint density at radius 2 is 0.662 bits per heavy atom. The molecule has 12 nitrogen and oxygen atoms in total. The normalized spacial score (nSPS) is 17.4. The lowest BCUT2D eigenvalue weighted by atomic mass is 9.97. The molecule has 0 saturated heterocycles. The maximum atomic E-state index is 7.08. The van der Waals surface area contributed by atoms with Gasteiger partial charge in [0.2, 0.25) is 0 Å². The number of benzene rings is 7. The summed E-state index contributed by atoms with van der Waals surface area (Å²) in [5.41, 5.74) is 1.85. The number of ether oxygens (including phenoxy) is 12. The SMILES string of the molecule is c1ccc2c(c1)SC(=c1c3cccc(OCc4ccc5c(c4)OCCOCCOCCOCCO5)c3c(=C3Sc4ccccc4S3)c3c(OCc4ccc5c(c4)OCCOCCOCCOCCO5)cccc13)S2. The first-order valence-electron chi connectivity index (χ1n) is 24.9. The van der Waals surface area contributed by atoms with Gasteiger partial charge in [0.05, 0.1) is 87.8 Å². The molecule has 0 N–H and O–H groups in total. The van der Waals surface area contributed by atoms with Crippen LogP contribution in [0.3, 0.4) is 0 Å². The van der Waals surface area contributed by atoms with Gasteiger partial charge in [0.15, 0.2) is 23.0 Å². The molecule has 0 saturated carbocycles. The molecule has 16 heteroatoms. The summed E-state index contributed by atoms with van der Waals surface area (Å²) in [6, 6.07) is 42.0. The Bertz CT molecular complexity index is 3000. The minimum atomic E-state index is 0.275. The van der Waals surface area contributed by atoms with Crippen LogP contribution in [-0.2, 0) is 41.6 Å². The highest BCUT2D eigenvalue weighted by Gasteiger charge is 2.26. The molecule has 384 valence electrons. The second-order valence-corrected chi connectivity index (χ2v) is 21.9. The van der Waals surface area contributed by atoms with Gasteiger partial charge in [-0.05, 0) is 82.6 Å². The van der Waals surface area contributed by atoms with Crippen molar-refractivity contribution < 1.29 is 56.8 Å². The lowest BCUT2D eigenvalue weighted by molar-refractivity contribution is 0.00708. The van der Waals surface area contributed by atoms with Crippen molar-refractivity contribution in [2.75, 3.05) is 106 Å². The molecule has 0 aromatic heterocycles. The van der Waals surface area contributed by atoms with Crippen LogP contribution in [0.4, 0.5) is 0 Å². The van der Waals surface area contributed by atoms with Gasteiger partial charge in [0.1, 0.15) is 51.1 Å². The quantitative estimate of drug-likeness (QED) is 0.147. The molecule has 7 aromatic rings. The fourth-order valence-corrected chi connectivity index (χ4v) is 14.0. The highest BCUT2D eigenvalue weighted by Crippen LogP contribution is 2.54. The number of rotatable bonds is 6. The van der Waals surface area contributed by atoms with E-state index in [1.807, 2.05) is 59.9 Å². The third-order valence-electron chi connectivity index (χ3n) is 12.2. The van der Waals surface area contributed by atoms with E-state index in [1.54, 1.807) is 23.5 Å². The first kappa shape index (κ1) is 50.9. The molecule has 4 aliphatic heterocycles. The first-order chi connectivity index (χ1) is 36.7. The van der Waals surface area contributed by atoms with E-state index < -0.39 is 0 Å². The van der Waals surface area contributed by atoms with Crippen molar-refractivity contribution in [1.29, 1.82) is 0 Å². The van der Waals surface area contributed by atoms with Gasteiger partial charge >= 0.3 is 0 Å². The molecule has 4 heterocycles. The molecule has 7 aromatic carbocycles. The van der Waals surface area contributed by atoms with Gasteiger partial charge in [-0.3, -0.25) is 0 Å². The molecule has 0 radical (unpaired) electrons. The number of fused-ring (bicyclic) bond motifs is 6. The van der Waals surface area contributed by atoms with Crippen molar-refractivity contribution in [2.45, 2.75) is 32.8 Å². The highest BCUT2D eigenvalue weighted by molar-refractivity contribution is 8.32.